The monoisotopic (exact) mass is 1110 g/mol. The normalized spacial score (nSPS) is 18.4. The highest BCUT2D eigenvalue weighted by Crippen LogP contribution is 2.26. The molecule has 3 N–H and O–H groups in total. The Labute approximate surface area is 480 Å². The lowest BCUT2D eigenvalue weighted by Crippen LogP contribution is -2.61. The first-order chi connectivity index (χ1) is 38.6. The van der Waals surface area contributed by atoms with Gasteiger partial charge >= 0.3 is 23.9 Å². The van der Waals surface area contributed by atoms with E-state index in [9.17, 15) is 34.5 Å². The number of carboxylic acid groups (broad SMARTS) is 1. The summed E-state index contributed by atoms with van der Waals surface area (Å²) in [7, 11) is 0. The van der Waals surface area contributed by atoms with Crippen molar-refractivity contribution in [3.63, 3.8) is 0 Å². The van der Waals surface area contributed by atoms with Crippen molar-refractivity contribution in [1.29, 1.82) is 0 Å². The van der Waals surface area contributed by atoms with Crippen molar-refractivity contribution in [2.75, 3.05) is 13.2 Å². The van der Waals surface area contributed by atoms with Gasteiger partial charge in [0.2, 0.25) is 0 Å². The Morgan fingerprint density at radius 2 is 0.797 bits per heavy atom. The van der Waals surface area contributed by atoms with E-state index in [4.69, 9.17) is 23.7 Å². The molecular formula is C67H112O12. The van der Waals surface area contributed by atoms with Crippen LogP contribution in [0.25, 0.3) is 0 Å². The van der Waals surface area contributed by atoms with Crippen LogP contribution in [0.4, 0.5) is 0 Å². The van der Waals surface area contributed by atoms with Gasteiger partial charge in [-0.05, 0) is 109 Å². The van der Waals surface area contributed by atoms with Gasteiger partial charge in [0, 0.05) is 19.3 Å². The van der Waals surface area contributed by atoms with Gasteiger partial charge in [-0.3, -0.25) is 14.4 Å². The van der Waals surface area contributed by atoms with E-state index in [1.54, 1.807) is 0 Å². The third kappa shape index (κ3) is 44.3. The molecular weight excluding hydrogens is 997 g/mol. The Bertz CT molecular complexity index is 1700. The fraction of sp³-hybridized carbons (Fsp3) is 0.731. The first-order valence-corrected chi connectivity index (χ1v) is 31.6. The lowest BCUT2D eigenvalue weighted by Gasteiger charge is -2.40. The summed E-state index contributed by atoms with van der Waals surface area (Å²) < 4.78 is 28.5. The molecule has 0 aromatic carbocycles. The Morgan fingerprint density at radius 1 is 0.430 bits per heavy atom. The number of aliphatic carboxylic acids is 1. The second-order valence-corrected chi connectivity index (χ2v) is 21.3. The second-order valence-electron chi connectivity index (χ2n) is 21.3. The number of hydrogen-bond donors (Lipinski definition) is 3. The number of aliphatic hydroxyl groups is 2. The number of unbranched alkanes of at least 4 members (excludes halogenated alkanes) is 25. The summed E-state index contributed by atoms with van der Waals surface area (Å²) >= 11 is 0. The van der Waals surface area contributed by atoms with Crippen LogP contribution < -0.4 is 0 Å². The molecule has 0 bridgehead atoms. The number of rotatable bonds is 53. The molecule has 0 aromatic heterocycles. The molecule has 0 spiro atoms. The predicted molar refractivity (Wildman–Crippen MR) is 321 cm³/mol. The maximum Gasteiger partial charge on any atom is 0.335 e. The van der Waals surface area contributed by atoms with E-state index >= 15 is 0 Å². The van der Waals surface area contributed by atoms with Gasteiger partial charge in [0.25, 0.3) is 0 Å². The van der Waals surface area contributed by atoms with Gasteiger partial charge in [0.15, 0.2) is 24.6 Å². The van der Waals surface area contributed by atoms with Crippen LogP contribution in [-0.4, -0.2) is 89.2 Å². The molecule has 6 atom stereocenters. The summed E-state index contributed by atoms with van der Waals surface area (Å²) in [5.74, 6) is -3.16. The largest absolute Gasteiger partial charge is 0.479 e. The lowest BCUT2D eigenvalue weighted by molar-refractivity contribution is -0.301. The van der Waals surface area contributed by atoms with Crippen LogP contribution in [0.5, 0.6) is 0 Å². The minimum absolute atomic E-state index is 0.0503. The van der Waals surface area contributed by atoms with Crippen LogP contribution in [0.2, 0.25) is 0 Å². The second kappa shape index (κ2) is 54.5. The highest BCUT2D eigenvalue weighted by Gasteiger charge is 2.50. The van der Waals surface area contributed by atoms with Crippen molar-refractivity contribution in [3.05, 3.63) is 85.1 Å². The van der Waals surface area contributed by atoms with Gasteiger partial charge in [0.1, 0.15) is 18.8 Å². The van der Waals surface area contributed by atoms with E-state index in [1.165, 1.54) is 57.8 Å². The molecule has 0 radical (unpaired) electrons. The molecule has 0 amide bonds. The molecule has 1 rings (SSSR count). The number of aliphatic hydroxyl groups excluding tert-OH is 2. The van der Waals surface area contributed by atoms with Gasteiger partial charge in [-0.1, -0.05) is 221 Å². The van der Waals surface area contributed by atoms with Crippen LogP contribution >= 0.6 is 0 Å². The maximum absolute atomic E-state index is 13.2. The van der Waals surface area contributed by atoms with Gasteiger partial charge in [-0.2, -0.15) is 0 Å². The molecule has 452 valence electrons. The molecule has 1 heterocycles. The van der Waals surface area contributed by atoms with Crippen molar-refractivity contribution in [2.45, 2.75) is 302 Å². The highest BCUT2D eigenvalue weighted by molar-refractivity contribution is 5.74. The first kappa shape index (κ1) is 72.9. The zero-order chi connectivity index (χ0) is 57.5. The molecule has 6 unspecified atom stereocenters. The van der Waals surface area contributed by atoms with Gasteiger partial charge < -0.3 is 39.0 Å². The van der Waals surface area contributed by atoms with E-state index in [2.05, 4.69) is 106 Å². The van der Waals surface area contributed by atoms with E-state index in [1.807, 2.05) is 0 Å². The third-order valence-corrected chi connectivity index (χ3v) is 13.9. The molecule has 0 aliphatic carbocycles. The maximum atomic E-state index is 13.2. The minimum Gasteiger partial charge on any atom is -0.479 e. The van der Waals surface area contributed by atoms with Crippen LogP contribution in [-0.2, 0) is 42.9 Å². The van der Waals surface area contributed by atoms with Crippen LogP contribution in [0.1, 0.15) is 265 Å². The average Bonchev–Trinajstić information content (AvgIpc) is 3.47. The molecule has 0 aromatic rings. The van der Waals surface area contributed by atoms with E-state index in [-0.39, 0.29) is 25.9 Å². The number of carbonyl (C=O) groups excluding carboxylic acids is 3. The predicted octanol–water partition coefficient (Wildman–Crippen LogP) is 16.7. The van der Waals surface area contributed by atoms with E-state index in [0.29, 0.717) is 19.3 Å². The third-order valence-electron chi connectivity index (χ3n) is 13.9. The standard InChI is InChI=1S/C67H112O12/c1-4-7-10-13-16-19-22-25-28-30-33-35-38-41-44-47-50-53-59(68)75-56-58(77-60(69)54-51-48-45-42-39-36-32-27-24-21-18-15-12-9-6-3)57-76-67-65(63(72)62(71)64(79-67)66(73)74)78-61(70)55-52-49-46-43-40-37-34-31-29-26-23-20-17-14-11-8-5-2/h7,9-10,12,16,18-19,21,25-29,32,58,62-65,67,71-72H,4-6,8,11,13-15,17,20,22-24,30-31,33-57H2,1-3H3,(H,73,74)/b10-7-,12-9-,19-16-,21-18-,28-25-,29-26-,32-27-. The Kier molecular flexibility index (Phi) is 50.3. The SMILES string of the molecule is CC/C=C\C/C=C\C/C=C\CCCCCCCCCC(=O)OCC(COC1OC(C(=O)O)C(O)C(O)C1OC(=O)CCCCCCCCC/C=C\CCCCCCCC)OC(=O)CCCCCCC/C=C\C/C=C\C/C=C\CC. The van der Waals surface area contributed by atoms with Gasteiger partial charge in [-0.15, -0.1) is 0 Å². The fourth-order valence-corrected chi connectivity index (χ4v) is 9.16. The minimum atomic E-state index is -1.91. The van der Waals surface area contributed by atoms with Crippen LogP contribution in [0.15, 0.2) is 85.1 Å². The summed E-state index contributed by atoms with van der Waals surface area (Å²) in [6.45, 7) is 5.76. The summed E-state index contributed by atoms with van der Waals surface area (Å²) in [6, 6.07) is 0. The van der Waals surface area contributed by atoms with Crippen molar-refractivity contribution in [2.24, 2.45) is 0 Å². The van der Waals surface area contributed by atoms with Crippen LogP contribution in [0, 0.1) is 0 Å². The molecule has 0 saturated carbocycles. The van der Waals surface area contributed by atoms with Gasteiger partial charge in [0.05, 0.1) is 6.61 Å². The van der Waals surface area contributed by atoms with E-state index in [0.717, 1.165) is 148 Å². The molecule has 79 heavy (non-hydrogen) atoms. The smallest absolute Gasteiger partial charge is 0.335 e. The average molecular weight is 1110 g/mol. The summed E-state index contributed by atoms with van der Waals surface area (Å²) in [4.78, 5) is 51.3. The number of ether oxygens (including phenoxy) is 5. The first-order valence-electron chi connectivity index (χ1n) is 31.6. The zero-order valence-corrected chi connectivity index (χ0v) is 49.8. The Balaban J connectivity index is 2.68. The van der Waals surface area contributed by atoms with Crippen LogP contribution in [0.3, 0.4) is 0 Å². The Hall–Kier alpha value is -4.10. The topological polar surface area (TPSA) is 175 Å². The van der Waals surface area contributed by atoms with Crippen molar-refractivity contribution in [1.82, 2.24) is 0 Å². The number of allylic oxidation sites excluding steroid dienone is 14. The number of esters is 3. The highest BCUT2D eigenvalue weighted by atomic mass is 16.7. The molecule has 1 fully saturated rings. The fourth-order valence-electron chi connectivity index (χ4n) is 9.16. The summed E-state index contributed by atoms with van der Waals surface area (Å²) in [6.07, 6.45) is 58.2. The zero-order valence-electron chi connectivity index (χ0n) is 49.8. The number of hydrogen-bond acceptors (Lipinski definition) is 11. The molecule has 1 aliphatic heterocycles. The van der Waals surface area contributed by atoms with Gasteiger partial charge in [-0.25, -0.2) is 4.79 Å². The number of carboxylic acids is 1. The van der Waals surface area contributed by atoms with Crippen molar-refractivity contribution >= 4 is 23.9 Å². The summed E-state index contributed by atoms with van der Waals surface area (Å²) in [5, 5.41) is 31.6. The Morgan fingerprint density at radius 3 is 1.23 bits per heavy atom. The quantitative estimate of drug-likeness (QED) is 0.0228. The van der Waals surface area contributed by atoms with Crippen molar-refractivity contribution < 1.29 is 58.2 Å². The van der Waals surface area contributed by atoms with Crippen molar-refractivity contribution in [3.8, 4) is 0 Å². The number of carbonyl (C=O) groups is 4. The molecule has 1 aliphatic rings. The lowest BCUT2D eigenvalue weighted by atomic mass is 9.98. The van der Waals surface area contributed by atoms with E-state index < -0.39 is 67.3 Å². The molecule has 12 heteroatoms. The molecule has 12 nitrogen and oxygen atoms in total. The molecule has 1 saturated heterocycles. The summed E-state index contributed by atoms with van der Waals surface area (Å²) in [5.41, 5.74) is 0.